The molecule has 1 heterocycles. The molecule has 0 saturated carbocycles. The van der Waals surface area contributed by atoms with Gasteiger partial charge in [0.25, 0.3) is 0 Å². The highest BCUT2D eigenvalue weighted by molar-refractivity contribution is 9.10. The predicted octanol–water partition coefficient (Wildman–Crippen LogP) is 4.02. The van der Waals surface area contributed by atoms with Crippen LogP contribution in [0.5, 0.6) is 11.5 Å². The van der Waals surface area contributed by atoms with E-state index in [1.54, 1.807) is 14.2 Å². The van der Waals surface area contributed by atoms with Crippen LogP contribution >= 0.6 is 15.9 Å². The van der Waals surface area contributed by atoms with E-state index < -0.39 is 0 Å². The standard InChI is InChI=1S/C16H15BrN2O2/c1-19-13-9-11(17)5-6-12(13)18-16(19)10-4-7-14(20-2)15(8-10)21-3/h4-9H,1-3H3. The lowest BCUT2D eigenvalue weighted by Gasteiger charge is -2.09. The van der Waals surface area contributed by atoms with Crippen LogP contribution < -0.4 is 9.47 Å². The maximum absolute atomic E-state index is 5.36. The molecule has 108 valence electrons. The first-order valence-electron chi connectivity index (χ1n) is 6.48. The van der Waals surface area contributed by atoms with E-state index in [-0.39, 0.29) is 0 Å². The molecule has 1 aromatic heterocycles. The first kappa shape index (κ1) is 13.9. The molecule has 0 unspecified atom stereocenters. The van der Waals surface area contributed by atoms with Gasteiger partial charge in [-0.1, -0.05) is 15.9 Å². The number of aromatic nitrogens is 2. The Morgan fingerprint density at radius 2 is 1.76 bits per heavy atom. The Balaban J connectivity index is 2.18. The average molecular weight is 347 g/mol. The number of ether oxygens (including phenoxy) is 2. The van der Waals surface area contributed by atoms with Crippen LogP contribution in [-0.2, 0) is 7.05 Å². The molecule has 0 amide bonds. The summed E-state index contributed by atoms with van der Waals surface area (Å²) in [6, 6.07) is 11.9. The van der Waals surface area contributed by atoms with Crippen LogP contribution in [-0.4, -0.2) is 23.8 Å². The first-order valence-corrected chi connectivity index (χ1v) is 7.27. The lowest BCUT2D eigenvalue weighted by Crippen LogP contribution is -1.95. The topological polar surface area (TPSA) is 36.3 Å². The number of nitrogens with zero attached hydrogens (tertiary/aromatic N) is 2. The predicted molar refractivity (Wildman–Crippen MR) is 87.0 cm³/mol. The van der Waals surface area contributed by atoms with E-state index in [2.05, 4.69) is 26.6 Å². The summed E-state index contributed by atoms with van der Waals surface area (Å²) in [4.78, 5) is 4.70. The van der Waals surface area contributed by atoms with Crippen LogP contribution in [0.2, 0.25) is 0 Å². The molecular weight excluding hydrogens is 332 g/mol. The van der Waals surface area contributed by atoms with Crippen LogP contribution in [0.25, 0.3) is 22.4 Å². The van der Waals surface area contributed by atoms with E-state index in [9.17, 15) is 0 Å². The average Bonchev–Trinajstić information content (AvgIpc) is 2.83. The second-order valence-electron chi connectivity index (χ2n) is 4.70. The van der Waals surface area contributed by atoms with Gasteiger partial charge in [0, 0.05) is 17.1 Å². The third-order valence-electron chi connectivity index (χ3n) is 3.48. The Morgan fingerprint density at radius 1 is 1.00 bits per heavy atom. The van der Waals surface area contributed by atoms with E-state index in [1.165, 1.54) is 0 Å². The summed E-state index contributed by atoms with van der Waals surface area (Å²) in [5, 5.41) is 0. The molecule has 0 aliphatic rings. The lowest BCUT2D eigenvalue weighted by atomic mass is 10.2. The van der Waals surface area contributed by atoms with Gasteiger partial charge in [-0.2, -0.15) is 0 Å². The van der Waals surface area contributed by atoms with E-state index in [4.69, 9.17) is 14.5 Å². The number of fused-ring (bicyclic) bond motifs is 1. The highest BCUT2D eigenvalue weighted by Gasteiger charge is 2.13. The molecule has 3 aromatic rings. The quantitative estimate of drug-likeness (QED) is 0.718. The zero-order chi connectivity index (χ0) is 15.0. The van der Waals surface area contributed by atoms with E-state index in [0.29, 0.717) is 11.5 Å². The molecule has 4 nitrogen and oxygen atoms in total. The fraction of sp³-hybridized carbons (Fsp3) is 0.188. The Bertz CT molecular complexity index is 811. The summed E-state index contributed by atoms with van der Waals surface area (Å²) in [7, 11) is 5.27. The van der Waals surface area contributed by atoms with Crippen molar-refractivity contribution in [3.8, 4) is 22.9 Å². The van der Waals surface area contributed by atoms with Crippen molar-refractivity contribution >= 4 is 27.0 Å². The van der Waals surface area contributed by atoms with Crippen molar-refractivity contribution in [2.75, 3.05) is 14.2 Å². The molecule has 3 rings (SSSR count). The molecule has 0 atom stereocenters. The van der Waals surface area contributed by atoms with Gasteiger partial charge in [-0.15, -0.1) is 0 Å². The highest BCUT2D eigenvalue weighted by atomic mass is 79.9. The molecule has 0 fully saturated rings. The van der Waals surface area contributed by atoms with Gasteiger partial charge in [0.15, 0.2) is 11.5 Å². The molecule has 2 aromatic carbocycles. The van der Waals surface area contributed by atoms with Gasteiger partial charge in [-0.25, -0.2) is 4.98 Å². The Kier molecular flexibility index (Phi) is 3.59. The highest BCUT2D eigenvalue weighted by Crippen LogP contribution is 2.33. The minimum Gasteiger partial charge on any atom is -0.493 e. The summed E-state index contributed by atoms with van der Waals surface area (Å²) >= 11 is 3.50. The number of halogens is 1. The summed E-state index contributed by atoms with van der Waals surface area (Å²) < 4.78 is 13.7. The molecule has 0 N–H and O–H groups in total. The zero-order valence-corrected chi connectivity index (χ0v) is 13.6. The summed E-state index contributed by atoms with van der Waals surface area (Å²) in [5.74, 6) is 2.30. The van der Waals surface area contributed by atoms with E-state index in [1.807, 2.05) is 37.4 Å². The minimum absolute atomic E-state index is 0.697. The Labute approximate surface area is 131 Å². The number of imidazole rings is 1. The van der Waals surface area contributed by atoms with Gasteiger partial charge in [0.1, 0.15) is 5.82 Å². The maximum atomic E-state index is 5.36. The smallest absolute Gasteiger partial charge is 0.161 e. The number of aryl methyl sites for hydroxylation is 1. The number of rotatable bonds is 3. The first-order chi connectivity index (χ1) is 10.1. The Morgan fingerprint density at radius 3 is 2.48 bits per heavy atom. The van der Waals surface area contributed by atoms with Gasteiger partial charge < -0.3 is 14.0 Å². The lowest BCUT2D eigenvalue weighted by molar-refractivity contribution is 0.355. The molecule has 0 spiro atoms. The Hall–Kier alpha value is -2.01. The van der Waals surface area contributed by atoms with Gasteiger partial charge in [0.05, 0.1) is 25.3 Å². The van der Waals surface area contributed by atoms with Crippen molar-refractivity contribution in [3.63, 3.8) is 0 Å². The second kappa shape index (κ2) is 5.41. The van der Waals surface area contributed by atoms with Crippen molar-refractivity contribution in [2.24, 2.45) is 7.05 Å². The van der Waals surface area contributed by atoms with Crippen LogP contribution in [0.4, 0.5) is 0 Å². The van der Waals surface area contributed by atoms with Crippen LogP contribution in [0.15, 0.2) is 40.9 Å². The van der Waals surface area contributed by atoms with Gasteiger partial charge in [0.2, 0.25) is 0 Å². The molecule has 21 heavy (non-hydrogen) atoms. The molecule has 5 heteroatoms. The number of hydrogen-bond donors (Lipinski definition) is 0. The molecule has 0 aliphatic heterocycles. The monoisotopic (exact) mass is 346 g/mol. The van der Waals surface area contributed by atoms with Crippen molar-refractivity contribution in [3.05, 3.63) is 40.9 Å². The van der Waals surface area contributed by atoms with Gasteiger partial charge in [-0.05, 0) is 36.4 Å². The van der Waals surface area contributed by atoms with Gasteiger partial charge in [-0.3, -0.25) is 0 Å². The number of hydrogen-bond acceptors (Lipinski definition) is 3. The summed E-state index contributed by atoms with van der Waals surface area (Å²) in [5.41, 5.74) is 3.03. The van der Waals surface area contributed by atoms with Crippen molar-refractivity contribution in [2.45, 2.75) is 0 Å². The fourth-order valence-corrected chi connectivity index (χ4v) is 2.75. The normalized spacial score (nSPS) is 10.9. The number of benzene rings is 2. The van der Waals surface area contributed by atoms with Crippen molar-refractivity contribution < 1.29 is 9.47 Å². The molecule has 0 radical (unpaired) electrons. The van der Waals surface area contributed by atoms with Crippen LogP contribution in [0.3, 0.4) is 0 Å². The van der Waals surface area contributed by atoms with Crippen LogP contribution in [0.1, 0.15) is 0 Å². The SMILES string of the molecule is COc1ccc(-c2nc3ccc(Br)cc3n2C)cc1OC. The summed E-state index contributed by atoms with van der Waals surface area (Å²) in [6.07, 6.45) is 0. The molecule has 0 saturated heterocycles. The van der Waals surface area contributed by atoms with E-state index in [0.717, 1.165) is 26.9 Å². The fourth-order valence-electron chi connectivity index (χ4n) is 2.40. The van der Waals surface area contributed by atoms with Crippen LogP contribution in [0, 0.1) is 0 Å². The summed E-state index contributed by atoms with van der Waals surface area (Å²) in [6.45, 7) is 0. The third kappa shape index (κ3) is 2.38. The molecule has 0 aliphatic carbocycles. The zero-order valence-electron chi connectivity index (χ0n) is 12.1. The van der Waals surface area contributed by atoms with Gasteiger partial charge >= 0.3 is 0 Å². The van der Waals surface area contributed by atoms with Crippen molar-refractivity contribution in [1.82, 2.24) is 9.55 Å². The number of methoxy groups -OCH3 is 2. The van der Waals surface area contributed by atoms with Crippen molar-refractivity contribution in [1.29, 1.82) is 0 Å². The largest absolute Gasteiger partial charge is 0.493 e. The minimum atomic E-state index is 0.697. The molecular formula is C16H15BrN2O2. The van der Waals surface area contributed by atoms with E-state index >= 15 is 0 Å². The maximum Gasteiger partial charge on any atom is 0.161 e. The third-order valence-corrected chi connectivity index (χ3v) is 3.98. The second-order valence-corrected chi connectivity index (χ2v) is 5.61. The molecule has 0 bridgehead atoms.